The number of ether oxygens (including phenoxy) is 2. The molecule has 0 saturated carbocycles. The fourth-order valence-corrected chi connectivity index (χ4v) is 3.70. The van der Waals surface area contributed by atoms with Crippen molar-refractivity contribution in [1.82, 2.24) is 15.1 Å². The first-order valence-corrected chi connectivity index (χ1v) is 10.3. The monoisotopic (exact) mass is 485 g/mol. The first-order chi connectivity index (χ1) is 15.2. The summed E-state index contributed by atoms with van der Waals surface area (Å²) in [6, 6.07) is 9.05. The van der Waals surface area contributed by atoms with Gasteiger partial charge in [0.15, 0.2) is 17.2 Å². The van der Waals surface area contributed by atoms with Crippen LogP contribution in [0.1, 0.15) is 21.6 Å². The van der Waals surface area contributed by atoms with E-state index < -0.39 is 23.3 Å². The molecule has 6 nitrogen and oxygen atoms in total. The van der Waals surface area contributed by atoms with Crippen molar-refractivity contribution in [2.24, 2.45) is 0 Å². The third kappa shape index (κ3) is 4.63. The van der Waals surface area contributed by atoms with Gasteiger partial charge in [0.05, 0.1) is 22.5 Å². The predicted octanol–water partition coefficient (Wildman–Crippen LogP) is 4.94. The SMILES string of the molecule is O=C(NCCc1cc(Cl)c2c(c1)OCCO2)c1cnn(-c2ccc(Cl)cc2)c1C(F)(F)F. The molecule has 0 bridgehead atoms. The molecular formula is C21H16Cl2F3N3O3. The van der Waals surface area contributed by atoms with Crippen LogP contribution in [-0.2, 0) is 12.6 Å². The Bertz CT molecular complexity index is 1150. The Balaban J connectivity index is 1.50. The van der Waals surface area contributed by atoms with Gasteiger partial charge in [-0.15, -0.1) is 0 Å². The van der Waals surface area contributed by atoms with E-state index in [4.69, 9.17) is 32.7 Å². The maximum atomic E-state index is 13.8. The van der Waals surface area contributed by atoms with Crippen LogP contribution in [-0.4, -0.2) is 35.4 Å². The zero-order valence-electron chi connectivity index (χ0n) is 16.4. The van der Waals surface area contributed by atoms with Crippen molar-refractivity contribution in [3.8, 4) is 17.2 Å². The number of carbonyl (C=O) groups is 1. The molecule has 1 amide bonds. The molecule has 1 aromatic heterocycles. The number of halogens is 5. The van der Waals surface area contributed by atoms with Crippen molar-refractivity contribution in [1.29, 1.82) is 0 Å². The molecule has 32 heavy (non-hydrogen) atoms. The summed E-state index contributed by atoms with van der Waals surface area (Å²) in [5.41, 5.74) is -0.869. The summed E-state index contributed by atoms with van der Waals surface area (Å²) in [5.74, 6) is 0.0602. The fourth-order valence-electron chi connectivity index (χ4n) is 3.29. The van der Waals surface area contributed by atoms with E-state index in [1.165, 1.54) is 24.3 Å². The molecule has 0 radical (unpaired) electrons. The van der Waals surface area contributed by atoms with Crippen molar-refractivity contribution in [2.75, 3.05) is 19.8 Å². The van der Waals surface area contributed by atoms with Gasteiger partial charge in [-0.3, -0.25) is 4.79 Å². The van der Waals surface area contributed by atoms with Crippen LogP contribution in [0, 0.1) is 0 Å². The van der Waals surface area contributed by atoms with Crippen molar-refractivity contribution >= 4 is 29.1 Å². The number of rotatable bonds is 5. The second kappa shape index (κ2) is 8.91. The highest BCUT2D eigenvalue weighted by Crippen LogP contribution is 2.38. The minimum Gasteiger partial charge on any atom is -0.486 e. The van der Waals surface area contributed by atoms with E-state index in [-0.39, 0.29) is 12.2 Å². The lowest BCUT2D eigenvalue weighted by atomic mass is 10.1. The Morgan fingerprint density at radius 2 is 1.84 bits per heavy atom. The fraction of sp³-hybridized carbons (Fsp3) is 0.238. The highest BCUT2D eigenvalue weighted by atomic mass is 35.5. The number of hydrogen-bond donors (Lipinski definition) is 1. The second-order valence-electron chi connectivity index (χ2n) is 6.90. The Morgan fingerprint density at radius 1 is 1.12 bits per heavy atom. The predicted molar refractivity (Wildman–Crippen MR) is 112 cm³/mol. The van der Waals surface area contributed by atoms with Gasteiger partial charge in [0.25, 0.3) is 5.91 Å². The number of carbonyl (C=O) groups excluding carboxylic acids is 1. The quantitative estimate of drug-likeness (QED) is 0.555. The Hall–Kier alpha value is -2.91. The van der Waals surface area contributed by atoms with E-state index >= 15 is 0 Å². The van der Waals surface area contributed by atoms with E-state index in [1.54, 1.807) is 12.1 Å². The molecule has 0 spiro atoms. The number of fused-ring (bicyclic) bond motifs is 1. The maximum absolute atomic E-state index is 13.8. The van der Waals surface area contributed by atoms with Crippen molar-refractivity contribution in [3.63, 3.8) is 0 Å². The first kappa shape index (κ1) is 22.3. The van der Waals surface area contributed by atoms with Crippen molar-refractivity contribution in [2.45, 2.75) is 12.6 Å². The molecule has 3 aromatic rings. The summed E-state index contributed by atoms with van der Waals surface area (Å²) in [6.45, 7) is 0.868. The van der Waals surface area contributed by atoms with Crippen LogP contribution >= 0.6 is 23.2 Å². The Kier molecular flexibility index (Phi) is 6.21. The molecule has 1 aliphatic rings. The molecule has 0 atom stereocenters. The maximum Gasteiger partial charge on any atom is 0.434 e. The number of hydrogen-bond acceptors (Lipinski definition) is 4. The smallest absolute Gasteiger partial charge is 0.434 e. The van der Waals surface area contributed by atoms with Gasteiger partial charge in [-0.2, -0.15) is 18.3 Å². The zero-order valence-corrected chi connectivity index (χ0v) is 17.9. The zero-order chi connectivity index (χ0) is 22.9. The third-order valence-corrected chi connectivity index (χ3v) is 5.24. The van der Waals surface area contributed by atoms with Crippen LogP contribution in [0.5, 0.6) is 11.5 Å². The minimum absolute atomic E-state index is 0.0816. The molecule has 0 aliphatic carbocycles. The molecule has 168 valence electrons. The number of nitrogens with zero attached hydrogens (tertiary/aromatic N) is 2. The Morgan fingerprint density at radius 3 is 2.56 bits per heavy atom. The lowest BCUT2D eigenvalue weighted by Crippen LogP contribution is -2.28. The average Bonchev–Trinajstić information content (AvgIpc) is 3.20. The first-order valence-electron chi connectivity index (χ1n) is 9.51. The van der Waals surface area contributed by atoms with Gasteiger partial charge >= 0.3 is 6.18 Å². The van der Waals surface area contributed by atoms with E-state index in [0.29, 0.717) is 45.9 Å². The van der Waals surface area contributed by atoms with Crippen LogP contribution in [0.2, 0.25) is 10.0 Å². The van der Waals surface area contributed by atoms with Gasteiger partial charge in [0.2, 0.25) is 0 Å². The van der Waals surface area contributed by atoms with Crippen LogP contribution in [0.4, 0.5) is 13.2 Å². The highest BCUT2D eigenvalue weighted by molar-refractivity contribution is 6.32. The topological polar surface area (TPSA) is 65.4 Å². The summed E-state index contributed by atoms with van der Waals surface area (Å²) < 4.78 is 52.9. The lowest BCUT2D eigenvalue weighted by molar-refractivity contribution is -0.143. The molecule has 1 N–H and O–H groups in total. The highest BCUT2D eigenvalue weighted by Gasteiger charge is 2.40. The van der Waals surface area contributed by atoms with Crippen LogP contribution in [0.3, 0.4) is 0 Å². The summed E-state index contributed by atoms with van der Waals surface area (Å²) in [5, 5.41) is 7.01. The minimum atomic E-state index is -4.80. The summed E-state index contributed by atoms with van der Waals surface area (Å²) in [7, 11) is 0. The van der Waals surface area contributed by atoms with Crippen molar-refractivity contribution < 1.29 is 27.4 Å². The molecule has 11 heteroatoms. The Labute approximate surface area is 190 Å². The standard InChI is InChI=1S/C21H16Cl2F3N3O3/c22-13-1-3-14(4-2-13)29-19(21(24,25)26)15(11-28-29)20(30)27-6-5-12-9-16(23)18-17(10-12)31-7-8-32-18/h1-4,9-11H,5-8H2,(H,27,30). The molecule has 2 heterocycles. The summed E-state index contributed by atoms with van der Waals surface area (Å²) in [4.78, 5) is 12.5. The van der Waals surface area contributed by atoms with Gasteiger partial charge in [-0.25, -0.2) is 4.68 Å². The number of benzene rings is 2. The van der Waals surface area contributed by atoms with E-state index in [1.807, 2.05) is 0 Å². The van der Waals surface area contributed by atoms with Gasteiger partial charge < -0.3 is 14.8 Å². The number of amides is 1. The largest absolute Gasteiger partial charge is 0.486 e. The molecule has 0 fully saturated rings. The number of alkyl halides is 3. The van der Waals surface area contributed by atoms with E-state index in [9.17, 15) is 18.0 Å². The molecule has 4 rings (SSSR count). The summed E-state index contributed by atoms with van der Waals surface area (Å²) in [6.07, 6.45) is -3.57. The van der Waals surface area contributed by atoms with Gasteiger partial charge in [0.1, 0.15) is 13.2 Å². The molecular weight excluding hydrogens is 470 g/mol. The van der Waals surface area contributed by atoms with Gasteiger partial charge in [0, 0.05) is 11.6 Å². The molecule has 2 aromatic carbocycles. The molecule has 0 unspecified atom stereocenters. The van der Waals surface area contributed by atoms with E-state index in [2.05, 4.69) is 10.4 Å². The van der Waals surface area contributed by atoms with Crippen molar-refractivity contribution in [3.05, 3.63) is 69.5 Å². The second-order valence-corrected chi connectivity index (χ2v) is 7.74. The van der Waals surface area contributed by atoms with Gasteiger partial charge in [-0.05, 0) is 48.4 Å². The normalized spacial score (nSPS) is 13.2. The van der Waals surface area contributed by atoms with Crippen LogP contribution in [0.25, 0.3) is 5.69 Å². The molecule has 0 saturated heterocycles. The van der Waals surface area contributed by atoms with E-state index in [0.717, 1.165) is 11.8 Å². The van der Waals surface area contributed by atoms with Crippen LogP contribution in [0.15, 0.2) is 42.6 Å². The van der Waals surface area contributed by atoms with Gasteiger partial charge in [-0.1, -0.05) is 23.2 Å². The average molecular weight is 486 g/mol. The summed E-state index contributed by atoms with van der Waals surface area (Å²) >= 11 is 12.0. The number of aromatic nitrogens is 2. The lowest BCUT2D eigenvalue weighted by Gasteiger charge is -2.20. The number of nitrogens with one attached hydrogen (secondary N) is 1. The molecule has 1 aliphatic heterocycles. The van der Waals surface area contributed by atoms with Crippen LogP contribution < -0.4 is 14.8 Å². The third-order valence-electron chi connectivity index (χ3n) is 4.71.